The Morgan fingerprint density at radius 2 is 1.67 bits per heavy atom. The summed E-state index contributed by atoms with van der Waals surface area (Å²) in [5.74, 6) is 5.24. The molecule has 0 aromatic heterocycles. The smallest absolute Gasteiger partial charge is 0.220 e. The van der Waals surface area contributed by atoms with E-state index in [1.165, 1.54) is 44.9 Å². The molecular formula is C29H50N2O2. The van der Waals surface area contributed by atoms with E-state index >= 15 is 0 Å². The average Bonchev–Trinajstić information content (AvgIpc) is 2.99. The van der Waals surface area contributed by atoms with Gasteiger partial charge in [0.15, 0.2) is 0 Å². The van der Waals surface area contributed by atoms with Gasteiger partial charge in [-0.15, -0.1) is 0 Å². The van der Waals surface area contributed by atoms with Crippen LogP contribution in [-0.2, 0) is 9.59 Å². The van der Waals surface area contributed by atoms with Crippen molar-refractivity contribution in [3.8, 4) is 0 Å². The lowest BCUT2D eigenvalue weighted by molar-refractivity contribution is -0.124. The molecule has 9 atom stereocenters. The molecule has 2 saturated carbocycles. The van der Waals surface area contributed by atoms with Crippen molar-refractivity contribution < 1.29 is 9.59 Å². The van der Waals surface area contributed by atoms with E-state index in [-0.39, 0.29) is 23.3 Å². The molecule has 33 heavy (non-hydrogen) atoms. The second kappa shape index (κ2) is 9.53. The van der Waals surface area contributed by atoms with Crippen LogP contribution in [0.25, 0.3) is 0 Å². The minimum atomic E-state index is 0.0205. The zero-order valence-electron chi connectivity index (χ0n) is 22.2. The molecule has 0 aromatic carbocycles. The first-order valence-electron chi connectivity index (χ1n) is 14.2. The van der Waals surface area contributed by atoms with Crippen LogP contribution in [0.15, 0.2) is 0 Å². The molecule has 2 aliphatic carbocycles. The van der Waals surface area contributed by atoms with Crippen molar-refractivity contribution in [3.63, 3.8) is 0 Å². The van der Waals surface area contributed by atoms with Crippen LogP contribution in [0.5, 0.6) is 0 Å². The fourth-order valence-electron chi connectivity index (χ4n) is 9.27. The molecule has 4 nitrogen and oxygen atoms in total. The highest BCUT2D eigenvalue weighted by Crippen LogP contribution is 2.65. The molecule has 4 fully saturated rings. The first kappa shape index (κ1) is 25.0. The van der Waals surface area contributed by atoms with Gasteiger partial charge in [0, 0.05) is 19.4 Å². The van der Waals surface area contributed by atoms with Crippen LogP contribution in [0.1, 0.15) is 106 Å². The van der Waals surface area contributed by atoms with E-state index < -0.39 is 0 Å². The maximum Gasteiger partial charge on any atom is 0.220 e. The van der Waals surface area contributed by atoms with Crippen molar-refractivity contribution in [2.24, 2.45) is 52.3 Å². The second-order valence-corrected chi connectivity index (χ2v) is 13.2. The molecule has 2 amide bonds. The van der Waals surface area contributed by atoms with Crippen LogP contribution >= 0.6 is 0 Å². The van der Waals surface area contributed by atoms with Gasteiger partial charge in [-0.2, -0.15) is 0 Å². The van der Waals surface area contributed by atoms with Crippen LogP contribution in [0.2, 0.25) is 0 Å². The number of amides is 2. The quantitative estimate of drug-likeness (QED) is 0.517. The number of carbonyl (C=O) groups excluding carboxylic acids is 2. The molecule has 0 radical (unpaired) electrons. The number of hydrogen-bond donors (Lipinski definition) is 2. The highest BCUT2D eigenvalue weighted by molar-refractivity contribution is 5.79. The van der Waals surface area contributed by atoms with Crippen molar-refractivity contribution in [2.45, 2.75) is 112 Å². The summed E-state index contributed by atoms with van der Waals surface area (Å²) in [4.78, 5) is 25.3. The molecule has 2 aliphatic heterocycles. The number of carbonyl (C=O) groups is 2. The third-order valence-electron chi connectivity index (χ3n) is 11.5. The number of rotatable bonds is 6. The van der Waals surface area contributed by atoms with Gasteiger partial charge >= 0.3 is 0 Å². The Bertz CT molecular complexity index is 735. The van der Waals surface area contributed by atoms with Crippen LogP contribution < -0.4 is 10.6 Å². The maximum absolute atomic E-state index is 13.1. The number of nitrogens with one attached hydrogen (secondary N) is 2. The molecule has 0 spiro atoms. The molecule has 2 unspecified atom stereocenters. The lowest BCUT2D eigenvalue weighted by atomic mass is 9.50. The molecule has 4 rings (SSSR count). The summed E-state index contributed by atoms with van der Waals surface area (Å²) in [5, 5.41) is 6.43. The predicted molar refractivity (Wildman–Crippen MR) is 134 cm³/mol. The van der Waals surface area contributed by atoms with E-state index in [0.717, 1.165) is 30.1 Å². The lowest BCUT2D eigenvalue weighted by Crippen LogP contribution is -2.53. The van der Waals surface area contributed by atoms with Gasteiger partial charge in [-0.25, -0.2) is 0 Å². The second-order valence-electron chi connectivity index (χ2n) is 13.2. The normalized spacial score (nSPS) is 42.8. The van der Waals surface area contributed by atoms with Crippen LogP contribution in [0, 0.1) is 52.3 Å². The van der Waals surface area contributed by atoms with Crippen molar-refractivity contribution in [2.75, 3.05) is 6.54 Å². The van der Waals surface area contributed by atoms with Crippen LogP contribution in [0.4, 0.5) is 0 Å². The first-order valence-corrected chi connectivity index (χ1v) is 14.2. The summed E-state index contributed by atoms with van der Waals surface area (Å²) < 4.78 is 0. The Morgan fingerprint density at radius 3 is 2.36 bits per heavy atom. The molecule has 0 bridgehead atoms. The standard InChI is InChI=1S/C29H50N2O2/c1-7-20(18(2)3)9-8-19(4)22-10-11-23-21-16-27(33)31-25-17-30-26(32)13-15-29(25,6)24(21)12-14-28(22,23)5/h18-25H,7-17H2,1-6H3,(H,30,32)(H,31,33)/t19-,20?,21+,22-,23+,24+,25?,28-,29-/m1/s1. The summed E-state index contributed by atoms with van der Waals surface area (Å²) in [7, 11) is 0. The Morgan fingerprint density at radius 1 is 0.939 bits per heavy atom. The molecule has 4 aliphatic rings. The van der Waals surface area contributed by atoms with Crippen molar-refractivity contribution in [1.82, 2.24) is 10.6 Å². The monoisotopic (exact) mass is 458 g/mol. The van der Waals surface area contributed by atoms with E-state index in [0.29, 0.717) is 42.6 Å². The van der Waals surface area contributed by atoms with Gasteiger partial charge in [-0.05, 0) is 90.8 Å². The Kier molecular flexibility index (Phi) is 7.23. The fourth-order valence-corrected chi connectivity index (χ4v) is 9.27. The predicted octanol–water partition coefficient (Wildman–Crippen LogP) is 5.95. The topological polar surface area (TPSA) is 58.2 Å². The summed E-state index contributed by atoms with van der Waals surface area (Å²) in [5.41, 5.74) is 0.391. The highest BCUT2D eigenvalue weighted by Gasteiger charge is 2.60. The summed E-state index contributed by atoms with van der Waals surface area (Å²) >= 11 is 0. The molecule has 4 heteroatoms. The van der Waals surface area contributed by atoms with E-state index in [9.17, 15) is 9.59 Å². The van der Waals surface area contributed by atoms with Gasteiger partial charge in [0.2, 0.25) is 11.8 Å². The van der Waals surface area contributed by atoms with Gasteiger partial charge < -0.3 is 10.6 Å². The molecule has 0 aromatic rings. The lowest BCUT2D eigenvalue weighted by Gasteiger charge is -2.54. The van der Waals surface area contributed by atoms with E-state index in [1.807, 2.05) is 0 Å². The Labute approximate surface area is 202 Å². The van der Waals surface area contributed by atoms with E-state index in [2.05, 4.69) is 52.2 Å². The molecular weight excluding hydrogens is 408 g/mol. The third-order valence-corrected chi connectivity index (χ3v) is 11.5. The average molecular weight is 459 g/mol. The van der Waals surface area contributed by atoms with E-state index in [4.69, 9.17) is 0 Å². The largest absolute Gasteiger partial charge is 0.354 e. The first-order chi connectivity index (χ1) is 15.6. The summed E-state index contributed by atoms with van der Waals surface area (Å²) in [6.07, 6.45) is 11.4. The fraction of sp³-hybridized carbons (Fsp3) is 0.931. The summed E-state index contributed by atoms with van der Waals surface area (Å²) in [6.45, 7) is 15.2. The molecule has 188 valence electrons. The van der Waals surface area contributed by atoms with Crippen molar-refractivity contribution >= 4 is 11.8 Å². The summed E-state index contributed by atoms with van der Waals surface area (Å²) in [6, 6.07) is 0.0777. The van der Waals surface area contributed by atoms with Gasteiger partial charge in [0.1, 0.15) is 0 Å². The van der Waals surface area contributed by atoms with Crippen LogP contribution in [0.3, 0.4) is 0 Å². The van der Waals surface area contributed by atoms with Gasteiger partial charge in [0.05, 0.1) is 6.04 Å². The van der Waals surface area contributed by atoms with Crippen molar-refractivity contribution in [1.29, 1.82) is 0 Å². The number of fused-ring (bicyclic) bond motifs is 5. The van der Waals surface area contributed by atoms with E-state index in [1.54, 1.807) is 0 Å². The highest BCUT2D eigenvalue weighted by atomic mass is 16.2. The van der Waals surface area contributed by atoms with Gasteiger partial charge in [-0.1, -0.05) is 54.4 Å². The third kappa shape index (κ3) is 4.49. The van der Waals surface area contributed by atoms with Crippen LogP contribution in [-0.4, -0.2) is 24.4 Å². The number of hydrogen-bond acceptors (Lipinski definition) is 2. The molecule has 2 heterocycles. The van der Waals surface area contributed by atoms with Gasteiger partial charge in [-0.3, -0.25) is 9.59 Å². The Balaban J connectivity index is 1.53. The van der Waals surface area contributed by atoms with Gasteiger partial charge in [0.25, 0.3) is 0 Å². The zero-order chi connectivity index (χ0) is 24.0. The minimum absolute atomic E-state index is 0.0205. The minimum Gasteiger partial charge on any atom is -0.354 e. The maximum atomic E-state index is 13.1. The SMILES string of the molecule is CCC(CC[C@@H](C)[C@H]1CC[C@H]2[C@@H]3CC(=O)NC4CNC(=O)CC[C@]4(C)[C@H]3CC[C@]12C)C(C)C. The Hall–Kier alpha value is -1.06. The zero-order valence-corrected chi connectivity index (χ0v) is 22.2. The molecule has 2 saturated heterocycles. The van der Waals surface area contributed by atoms with Crippen molar-refractivity contribution in [3.05, 3.63) is 0 Å². The molecule has 2 N–H and O–H groups in total.